The van der Waals surface area contributed by atoms with E-state index >= 15 is 0 Å². The van der Waals surface area contributed by atoms with Gasteiger partial charge in [0.15, 0.2) is 0 Å². The Hall–Kier alpha value is -1.14. The number of aliphatic hydroxyl groups excluding tert-OH is 1. The van der Waals surface area contributed by atoms with Gasteiger partial charge in [0.1, 0.15) is 0 Å². The molecule has 1 aliphatic heterocycles. The van der Waals surface area contributed by atoms with E-state index in [-0.39, 0.29) is 25.0 Å². The molecule has 1 unspecified atom stereocenters. The average Bonchev–Trinajstić information content (AvgIpc) is 2.73. The van der Waals surface area contributed by atoms with Gasteiger partial charge >= 0.3 is 5.97 Å². The number of rotatable bonds is 4. The predicted octanol–water partition coefficient (Wildman–Crippen LogP) is 1.02. The number of carbonyl (C=O) groups excluding carboxylic acids is 1. The van der Waals surface area contributed by atoms with Crippen molar-refractivity contribution in [2.45, 2.75) is 51.0 Å². The van der Waals surface area contributed by atoms with Gasteiger partial charge in [0.25, 0.3) is 0 Å². The molecule has 1 atom stereocenters. The molecule has 1 saturated carbocycles. The number of aliphatic hydroxyl groups is 1. The van der Waals surface area contributed by atoms with E-state index in [1.165, 1.54) is 0 Å². The van der Waals surface area contributed by atoms with Crippen LogP contribution in [0.4, 0.5) is 0 Å². The third-order valence-corrected chi connectivity index (χ3v) is 4.76. The number of morpholine rings is 1. The number of hydrogen-bond donors (Lipinski definition) is 2. The van der Waals surface area contributed by atoms with Crippen LogP contribution in [0.2, 0.25) is 0 Å². The van der Waals surface area contributed by atoms with Crippen LogP contribution in [-0.2, 0) is 14.3 Å². The Morgan fingerprint density at radius 3 is 2.43 bits per heavy atom. The third-order valence-electron chi connectivity index (χ3n) is 4.76. The van der Waals surface area contributed by atoms with E-state index in [1.54, 1.807) is 4.90 Å². The van der Waals surface area contributed by atoms with Gasteiger partial charge in [0.2, 0.25) is 5.91 Å². The maximum Gasteiger partial charge on any atom is 0.310 e. The van der Waals surface area contributed by atoms with Crippen LogP contribution in [0.3, 0.4) is 0 Å². The molecular formula is C15H25NO5. The highest BCUT2D eigenvalue weighted by atomic mass is 16.5. The van der Waals surface area contributed by atoms with Crippen LogP contribution in [0.15, 0.2) is 0 Å². The molecule has 2 N–H and O–H groups in total. The first kappa shape index (κ1) is 16.2. The van der Waals surface area contributed by atoms with Gasteiger partial charge in [-0.3, -0.25) is 9.59 Å². The molecule has 21 heavy (non-hydrogen) atoms. The van der Waals surface area contributed by atoms with Gasteiger partial charge in [-0.25, -0.2) is 0 Å². The van der Waals surface area contributed by atoms with Gasteiger partial charge in [0, 0.05) is 13.0 Å². The Kier molecular flexibility index (Phi) is 5.58. The molecule has 2 aliphatic rings. The summed E-state index contributed by atoms with van der Waals surface area (Å²) in [5.41, 5.74) is -0.925. The van der Waals surface area contributed by atoms with Crippen LogP contribution in [0.1, 0.15) is 44.9 Å². The second-order valence-electron chi connectivity index (χ2n) is 6.17. The number of aliphatic carboxylic acids is 1. The molecule has 0 aromatic carbocycles. The SMILES string of the molecule is O=C(CC1(C(=O)O)CCCCCC1)N1CCOCC1CO. The minimum atomic E-state index is -0.925. The van der Waals surface area contributed by atoms with Crippen molar-refractivity contribution in [2.75, 3.05) is 26.4 Å². The Labute approximate surface area is 125 Å². The fourth-order valence-electron chi connectivity index (χ4n) is 3.40. The van der Waals surface area contributed by atoms with Crippen LogP contribution in [0, 0.1) is 5.41 Å². The van der Waals surface area contributed by atoms with Crippen molar-refractivity contribution < 1.29 is 24.5 Å². The highest BCUT2D eigenvalue weighted by Gasteiger charge is 2.42. The van der Waals surface area contributed by atoms with Gasteiger partial charge in [-0.05, 0) is 12.8 Å². The Balaban J connectivity index is 2.08. The molecular weight excluding hydrogens is 274 g/mol. The van der Waals surface area contributed by atoms with Crippen molar-refractivity contribution in [3.63, 3.8) is 0 Å². The molecule has 2 rings (SSSR count). The second kappa shape index (κ2) is 7.22. The van der Waals surface area contributed by atoms with E-state index in [0.717, 1.165) is 25.7 Å². The van der Waals surface area contributed by atoms with Crippen molar-refractivity contribution in [3.05, 3.63) is 0 Å². The summed E-state index contributed by atoms with van der Waals surface area (Å²) >= 11 is 0. The van der Waals surface area contributed by atoms with Crippen molar-refractivity contribution in [1.82, 2.24) is 4.90 Å². The number of carboxylic acids is 1. The lowest BCUT2D eigenvalue weighted by molar-refractivity contribution is -0.157. The minimum Gasteiger partial charge on any atom is -0.481 e. The maximum atomic E-state index is 12.6. The third kappa shape index (κ3) is 3.74. The number of amides is 1. The fraction of sp³-hybridized carbons (Fsp3) is 0.867. The number of carbonyl (C=O) groups is 2. The van der Waals surface area contributed by atoms with E-state index < -0.39 is 11.4 Å². The van der Waals surface area contributed by atoms with Gasteiger partial charge < -0.3 is 19.8 Å². The molecule has 6 nitrogen and oxygen atoms in total. The zero-order valence-corrected chi connectivity index (χ0v) is 12.4. The summed E-state index contributed by atoms with van der Waals surface area (Å²) in [5.74, 6) is -1.02. The highest BCUT2D eigenvalue weighted by Crippen LogP contribution is 2.39. The Bertz CT molecular complexity index is 376. The summed E-state index contributed by atoms with van der Waals surface area (Å²) in [5, 5.41) is 19.0. The normalized spacial score (nSPS) is 26.1. The lowest BCUT2D eigenvalue weighted by Crippen LogP contribution is -2.52. The molecule has 1 saturated heterocycles. The Morgan fingerprint density at radius 2 is 1.86 bits per heavy atom. The number of ether oxygens (including phenoxy) is 1. The molecule has 0 aromatic rings. The zero-order chi connectivity index (χ0) is 15.3. The molecule has 2 fully saturated rings. The topological polar surface area (TPSA) is 87.1 Å². The number of nitrogens with zero attached hydrogens (tertiary/aromatic N) is 1. The van der Waals surface area contributed by atoms with Crippen molar-refractivity contribution >= 4 is 11.9 Å². The molecule has 1 aliphatic carbocycles. The van der Waals surface area contributed by atoms with Crippen LogP contribution in [-0.4, -0.2) is 59.4 Å². The highest BCUT2D eigenvalue weighted by molar-refractivity contribution is 5.85. The van der Waals surface area contributed by atoms with E-state index in [1.807, 2.05) is 0 Å². The number of hydrogen-bond acceptors (Lipinski definition) is 4. The molecule has 120 valence electrons. The summed E-state index contributed by atoms with van der Waals surface area (Å²) in [6.07, 6.45) is 5.00. The van der Waals surface area contributed by atoms with Crippen LogP contribution >= 0.6 is 0 Å². The van der Waals surface area contributed by atoms with Gasteiger partial charge in [0.05, 0.1) is 31.3 Å². The lowest BCUT2D eigenvalue weighted by atomic mass is 9.77. The van der Waals surface area contributed by atoms with Crippen molar-refractivity contribution in [2.24, 2.45) is 5.41 Å². The quantitative estimate of drug-likeness (QED) is 0.757. The van der Waals surface area contributed by atoms with E-state index in [4.69, 9.17) is 4.74 Å². The van der Waals surface area contributed by atoms with Gasteiger partial charge in [-0.1, -0.05) is 25.7 Å². The van der Waals surface area contributed by atoms with E-state index in [0.29, 0.717) is 32.6 Å². The first-order chi connectivity index (χ1) is 10.1. The fourth-order valence-corrected chi connectivity index (χ4v) is 3.40. The average molecular weight is 299 g/mol. The Morgan fingerprint density at radius 1 is 1.19 bits per heavy atom. The first-order valence-electron chi connectivity index (χ1n) is 7.80. The van der Waals surface area contributed by atoms with Crippen LogP contribution in [0.25, 0.3) is 0 Å². The first-order valence-corrected chi connectivity index (χ1v) is 7.80. The zero-order valence-electron chi connectivity index (χ0n) is 12.4. The lowest BCUT2D eigenvalue weighted by Gasteiger charge is -2.37. The van der Waals surface area contributed by atoms with Gasteiger partial charge in [-0.2, -0.15) is 0 Å². The smallest absolute Gasteiger partial charge is 0.310 e. The molecule has 0 bridgehead atoms. The molecule has 0 aromatic heterocycles. The standard InChI is InChI=1S/C15H25NO5/c17-10-12-11-21-8-7-16(12)13(18)9-15(14(19)20)5-3-1-2-4-6-15/h12,17H,1-11H2,(H,19,20). The van der Waals surface area contributed by atoms with Crippen molar-refractivity contribution in [1.29, 1.82) is 0 Å². The molecule has 6 heteroatoms. The van der Waals surface area contributed by atoms with Crippen LogP contribution < -0.4 is 0 Å². The monoisotopic (exact) mass is 299 g/mol. The van der Waals surface area contributed by atoms with Gasteiger partial charge in [-0.15, -0.1) is 0 Å². The van der Waals surface area contributed by atoms with Crippen molar-refractivity contribution in [3.8, 4) is 0 Å². The second-order valence-corrected chi connectivity index (χ2v) is 6.17. The van der Waals surface area contributed by atoms with E-state index in [9.17, 15) is 19.8 Å². The molecule has 1 amide bonds. The molecule has 0 spiro atoms. The minimum absolute atomic E-state index is 0.0405. The maximum absolute atomic E-state index is 12.6. The summed E-state index contributed by atoms with van der Waals surface area (Å²) in [6.45, 7) is 1.05. The summed E-state index contributed by atoms with van der Waals surface area (Å²) in [6, 6.07) is -0.345. The summed E-state index contributed by atoms with van der Waals surface area (Å²) < 4.78 is 5.27. The molecule has 1 heterocycles. The van der Waals surface area contributed by atoms with Crippen LogP contribution in [0.5, 0.6) is 0 Å². The predicted molar refractivity (Wildman–Crippen MR) is 75.8 cm³/mol. The number of carboxylic acid groups (broad SMARTS) is 1. The van der Waals surface area contributed by atoms with E-state index in [2.05, 4.69) is 0 Å². The largest absolute Gasteiger partial charge is 0.481 e. The molecule has 0 radical (unpaired) electrons. The summed E-state index contributed by atoms with van der Waals surface area (Å²) in [7, 11) is 0. The summed E-state index contributed by atoms with van der Waals surface area (Å²) in [4.78, 5) is 25.9.